The number of hydrogen-bond donors (Lipinski definition) is 1. The quantitative estimate of drug-likeness (QED) is 0.780. The number of amides is 1. The first kappa shape index (κ1) is 10.6. The van der Waals surface area contributed by atoms with E-state index in [-0.39, 0.29) is 12.3 Å². The highest BCUT2D eigenvalue weighted by Gasteiger charge is 2.09. The van der Waals surface area contributed by atoms with Crippen LogP contribution in [0, 0.1) is 0 Å². The summed E-state index contributed by atoms with van der Waals surface area (Å²) in [7, 11) is 0. The molecule has 0 radical (unpaired) electrons. The van der Waals surface area contributed by atoms with Gasteiger partial charge in [-0.05, 0) is 0 Å². The van der Waals surface area contributed by atoms with E-state index in [9.17, 15) is 4.79 Å². The third-order valence-corrected chi connectivity index (χ3v) is 1.79. The Labute approximate surface area is 84.3 Å². The fourth-order valence-electron chi connectivity index (χ4n) is 1.32. The van der Waals surface area contributed by atoms with Gasteiger partial charge in [0.1, 0.15) is 0 Å². The third kappa shape index (κ3) is 3.47. The Morgan fingerprint density at radius 3 is 2.43 bits per heavy atom. The molecule has 0 aliphatic carbocycles. The standard InChI is InChI=1S/C11H15N2O/c1-11(2,8-10(12)14)13-9-6-4-3-5-7-9/h3-7H,8H2,1-2H3,(H2,12,14)/q-1. The van der Waals surface area contributed by atoms with Crippen LogP contribution in [0.25, 0.3) is 5.32 Å². The van der Waals surface area contributed by atoms with Crippen molar-refractivity contribution in [2.45, 2.75) is 25.8 Å². The number of nitrogens with zero attached hydrogens (tertiary/aromatic N) is 1. The van der Waals surface area contributed by atoms with E-state index in [0.29, 0.717) is 0 Å². The summed E-state index contributed by atoms with van der Waals surface area (Å²) < 4.78 is 0. The van der Waals surface area contributed by atoms with E-state index < -0.39 is 5.54 Å². The molecule has 0 saturated carbocycles. The van der Waals surface area contributed by atoms with Crippen LogP contribution in [0.2, 0.25) is 0 Å². The molecule has 0 bridgehead atoms. The smallest absolute Gasteiger partial charge is 0.216 e. The van der Waals surface area contributed by atoms with E-state index in [1.165, 1.54) is 0 Å². The summed E-state index contributed by atoms with van der Waals surface area (Å²) >= 11 is 0. The molecule has 3 heteroatoms. The molecule has 1 amide bonds. The van der Waals surface area contributed by atoms with Gasteiger partial charge in [-0.25, -0.2) is 0 Å². The Morgan fingerprint density at radius 1 is 1.36 bits per heavy atom. The van der Waals surface area contributed by atoms with Gasteiger partial charge < -0.3 is 11.1 Å². The van der Waals surface area contributed by atoms with E-state index in [0.717, 1.165) is 5.69 Å². The topological polar surface area (TPSA) is 57.2 Å². The normalized spacial score (nSPS) is 11.0. The molecule has 0 heterocycles. The molecule has 1 aromatic rings. The van der Waals surface area contributed by atoms with Crippen molar-refractivity contribution >= 4 is 11.6 Å². The van der Waals surface area contributed by atoms with E-state index in [2.05, 4.69) is 5.32 Å². The van der Waals surface area contributed by atoms with E-state index in [1.54, 1.807) is 0 Å². The van der Waals surface area contributed by atoms with E-state index in [1.807, 2.05) is 44.2 Å². The first-order valence-electron chi connectivity index (χ1n) is 4.56. The Hall–Kier alpha value is -1.51. The summed E-state index contributed by atoms with van der Waals surface area (Å²) in [5.41, 5.74) is 5.58. The largest absolute Gasteiger partial charge is 0.679 e. The molecule has 14 heavy (non-hydrogen) atoms. The average molecular weight is 191 g/mol. The van der Waals surface area contributed by atoms with Crippen molar-refractivity contribution in [1.29, 1.82) is 0 Å². The van der Waals surface area contributed by atoms with Gasteiger partial charge in [0.05, 0.1) is 0 Å². The summed E-state index contributed by atoms with van der Waals surface area (Å²) in [6.45, 7) is 3.79. The molecule has 76 valence electrons. The minimum Gasteiger partial charge on any atom is -0.679 e. The van der Waals surface area contributed by atoms with E-state index >= 15 is 0 Å². The van der Waals surface area contributed by atoms with Crippen molar-refractivity contribution in [3.63, 3.8) is 0 Å². The molecule has 0 aliphatic rings. The second-order valence-electron chi connectivity index (χ2n) is 3.90. The number of carbonyl (C=O) groups is 1. The van der Waals surface area contributed by atoms with Gasteiger partial charge in [-0.15, -0.1) is 11.2 Å². The van der Waals surface area contributed by atoms with Crippen molar-refractivity contribution in [3.8, 4) is 0 Å². The lowest BCUT2D eigenvalue weighted by Crippen LogP contribution is -2.26. The average Bonchev–Trinajstić information content (AvgIpc) is 2.02. The zero-order valence-electron chi connectivity index (χ0n) is 8.53. The second-order valence-corrected chi connectivity index (χ2v) is 3.90. The molecule has 0 fully saturated rings. The molecule has 0 saturated heterocycles. The lowest BCUT2D eigenvalue weighted by atomic mass is 10.00. The van der Waals surface area contributed by atoms with Gasteiger partial charge >= 0.3 is 0 Å². The van der Waals surface area contributed by atoms with Gasteiger partial charge in [0.2, 0.25) is 5.91 Å². The maximum absolute atomic E-state index is 10.8. The van der Waals surface area contributed by atoms with Gasteiger partial charge in [-0.3, -0.25) is 4.79 Å². The Morgan fingerprint density at radius 2 is 1.93 bits per heavy atom. The number of para-hydroxylation sites is 1. The van der Waals surface area contributed by atoms with Crippen LogP contribution in [-0.4, -0.2) is 11.4 Å². The van der Waals surface area contributed by atoms with Gasteiger partial charge in [0, 0.05) is 6.42 Å². The maximum Gasteiger partial charge on any atom is 0.216 e. The van der Waals surface area contributed by atoms with Crippen molar-refractivity contribution in [3.05, 3.63) is 35.6 Å². The number of hydrogen-bond acceptors (Lipinski definition) is 1. The van der Waals surface area contributed by atoms with Crippen LogP contribution in [0.3, 0.4) is 0 Å². The van der Waals surface area contributed by atoms with Crippen LogP contribution in [0.15, 0.2) is 30.3 Å². The summed E-state index contributed by atoms with van der Waals surface area (Å²) in [4.78, 5) is 10.8. The monoisotopic (exact) mass is 191 g/mol. The van der Waals surface area contributed by atoms with Gasteiger partial charge in [0.15, 0.2) is 0 Å². The van der Waals surface area contributed by atoms with Gasteiger partial charge in [-0.1, -0.05) is 44.2 Å². The van der Waals surface area contributed by atoms with Crippen molar-refractivity contribution in [1.82, 2.24) is 0 Å². The van der Waals surface area contributed by atoms with Crippen LogP contribution in [-0.2, 0) is 4.79 Å². The predicted octanol–water partition coefficient (Wildman–Crippen LogP) is 2.35. The number of carbonyl (C=O) groups excluding carboxylic acids is 1. The van der Waals surface area contributed by atoms with Gasteiger partial charge in [0.25, 0.3) is 0 Å². The van der Waals surface area contributed by atoms with Crippen LogP contribution in [0.5, 0.6) is 0 Å². The predicted molar refractivity (Wildman–Crippen MR) is 57.4 cm³/mol. The zero-order valence-corrected chi connectivity index (χ0v) is 8.53. The summed E-state index contributed by atoms with van der Waals surface area (Å²) in [6, 6.07) is 9.57. The third-order valence-electron chi connectivity index (χ3n) is 1.79. The fraction of sp³-hybridized carbons (Fsp3) is 0.364. The number of nitrogens with two attached hydrogens (primary N) is 1. The van der Waals surface area contributed by atoms with Crippen molar-refractivity contribution < 1.29 is 4.79 Å². The molecule has 1 rings (SSSR count). The minimum absolute atomic E-state index is 0.266. The molecule has 0 spiro atoms. The maximum atomic E-state index is 10.8. The highest BCUT2D eigenvalue weighted by molar-refractivity contribution is 5.76. The first-order valence-corrected chi connectivity index (χ1v) is 4.56. The fourth-order valence-corrected chi connectivity index (χ4v) is 1.32. The highest BCUT2D eigenvalue weighted by Crippen LogP contribution is 2.30. The molecule has 1 aromatic carbocycles. The van der Waals surface area contributed by atoms with Crippen LogP contribution >= 0.6 is 0 Å². The molecule has 0 aliphatic heterocycles. The highest BCUT2D eigenvalue weighted by atomic mass is 16.1. The number of benzene rings is 1. The molecular formula is C11H15N2O-. The molecular weight excluding hydrogens is 176 g/mol. The van der Waals surface area contributed by atoms with Gasteiger partial charge in [-0.2, -0.15) is 0 Å². The van der Waals surface area contributed by atoms with E-state index in [4.69, 9.17) is 5.73 Å². The Kier molecular flexibility index (Phi) is 3.12. The lowest BCUT2D eigenvalue weighted by molar-refractivity contribution is -0.118. The molecule has 0 atom stereocenters. The zero-order chi connectivity index (χ0) is 10.6. The Bertz CT molecular complexity index is 306. The lowest BCUT2D eigenvalue weighted by Gasteiger charge is -2.40. The molecule has 0 aromatic heterocycles. The SMILES string of the molecule is CC(C)(CC(N)=O)[N-]c1ccccc1. The minimum atomic E-state index is -0.423. The first-order chi connectivity index (χ1) is 6.49. The summed E-state index contributed by atoms with van der Waals surface area (Å²) in [6.07, 6.45) is 0.266. The van der Waals surface area contributed by atoms with Crippen LogP contribution < -0.4 is 5.73 Å². The molecule has 3 nitrogen and oxygen atoms in total. The van der Waals surface area contributed by atoms with Crippen molar-refractivity contribution in [2.75, 3.05) is 0 Å². The molecule has 0 unspecified atom stereocenters. The van der Waals surface area contributed by atoms with Crippen LogP contribution in [0.4, 0.5) is 5.69 Å². The second kappa shape index (κ2) is 4.13. The Balaban J connectivity index is 2.63. The number of primary amides is 1. The summed E-state index contributed by atoms with van der Waals surface area (Å²) in [5, 5.41) is 4.43. The van der Waals surface area contributed by atoms with Crippen molar-refractivity contribution in [2.24, 2.45) is 5.73 Å². The summed E-state index contributed by atoms with van der Waals surface area (Å²) in [5.74, 6) is -0.324. The molecule has 2 N–H and O–H groups in total. The van der Waals surface area contributed by atoms with Crippen LogP contribution in [0.1, 0.15) is 20.3 Å². The number of rotatable bonds is 4.